The van der Waals surface area contributed by atoms with Crippen molar-refractivity contribution in [3.05, 3.63) is 74.8 Å². The predicted molar refractivity (Wildman–Crippen MR) is 160 cm³/mol. The molecule has 3 aromatic rings. The summed E-state index contributed by atoms with van der Waals surface area (Å²) in [5.74, 6) is 0.580. The van der Waals surface area contributed by atoms with Crippen LogP contribution in [0.2, 0.25) is 5.02 Å². The van der Waals surface area contributed by atoms with E-state index in [1.54, 1.807) is 36.2 Å². The minimum absolute atomic E-state index is 0.0428. The van der Waals surface area contributed by atoms with Gasteiger partial charge in [0.15, 0.2) is 5.82 Å². The molecule has 41 heavy (non-hydrogen) atoms. The van der Waals surface area contributed by atoms with Crippen LogP contribution in [-0.4, -0.2) is 65.0 Å². The lowest BCUT2D eigenvalue weighted by Crippen LogP contribution is -2.46. The Hall–Kier alpha value is -3.70. The molecule has 3 fully saturated rings. The SMILES string of the molecule is CN1C(=O)C(NC(=O)c2[nH]nc(NC(=O)c3ccccc3Cl)c2Br)N=C(N2CC3CCC(CC3)C2)c2ccccc21. The Morgan fingerprint density at radius 2 is 1.66 bits per heavy atom. The largest absolute Gasteiger partial charge is 0.356 e. The van der Waals surface area contributed by atoms with E-state index in [0.717, 1.165) is 30.2 Å². The summed E-state index contributed by atoms with van der Waals surface area (Å²) in [6.07, 6.45) is 3.67. The number of likely N-dealkylation sites (N-methyl/N-ethyl adjacent to an activating group) is 1. The number of aliphatic imine (C=N–C) groups is 1. The smallest absolute Gasteiger partial charge is 0.272 e. The van der Waals surface area contributed by atoms with Gasteiger partial charge in [0.25, 0.3) is 17.7 Å². The van der Waals surface area contributed by atoms with Gasteiger partial charge in [0.2, 0.25) is 6.17 Å². The molecule has 212 valence electrons. The van der Waals surface area contributed by atoms with E-state index in [9.17, 15) is 14.4 Å². The molecule has 0 radical (unpaired) electrons. The first kappa shape index (κ1) is 27.5. The third kappa shape index (κ3) is 5.36. The number of nitrogens with zero attached hydrogens (tertiary/aromatic N) is 4. The lowest BCUT2D eigenvalue weighted by Gasteiger charge is -2.27. The van der Waals surface area contributed by atoms with Crippen molar-refractivity contribution in [2.45, 2.75) is 31.8 Å². The number of amidine groups is 1. The molecule has 12 heteroatoms. The minimum Gasteiger partial charge on any atom is -0.356 e. The molecule has 4 heterocycles. The van der Waals surface area contributed by atoms with E-state index in [-0.39, 0.29) is 32.5 Å². The summed E-state index contributed by atoms with van der Waals surface area (Å²) in [5, 5.41) is 12.5. The molecule has 1 aromatic heterocycles. The molecule has 3 N–H and O–H groups in total. The van der Waals surface area contributed by atoms with Crippen molar-refractivity contribution in [2.75, 3.05) is 30.4 Å². The Morgan fingerprint density at radius 1 is 1.00 bits per heavy atom. The summed E-state index contributed by atoms with van der Waals surface area (Å²) in [6.45, 7) is 1.76. The number of aromatic amines is 1. The number of fused-ring (bicyclic) bond motifs is 5. The van der Waals surface area contributed by atoms with Gasteiger partial charge in [0.05, 0.1) is 20.7 Å². The molecular weight excluding hydrogens is 610 g/mol. The average Bonchev–Trinajstić information content (AvgIpc) is 3.11. The normalized spacial score (nSPS) is 22.0. The number of hydrogen-bond donors (Lipinski definition) is 3. The summed E-state index contributed by atoms with van der Waals surface area (Å²) < 4.78 is 0.237. The molecule has 7 rings (SSSR count). The Balaban J connectivity index is 1.27. The van der Waals surface area contributed by atoms with Crippen molar-refractivity contribution in [1.82, 2.24) is 20.4 Å². The monoisotopic (exact) mass is 637 g/mol. The number of aromatic nitrogens is 2. The maximum absolute atomic E-state index is 13.6. The van der Waals surface area contributed by atoms with Crippen LogP contribution >= 0.6 is 27.5 Å². The van der Waals surface area contributed by atoms with Gasteiger partial charge in [-0.25, -0.2) is 4.99 Å². The zero-order valence-corrected chi connectivity index (χ0v) is 24.7. The Morgan fingerprint density at radius 3 is 2.37 bits per heavy atom. The Bertz CT molecular complexity index is 1530. The highest BCUT2D eigenvalue weighted by Gasteiger charge is 2.36. The van der Waals surface area contributed by atoms with E-state index in [2.05, 4.69) is 41.7 Å². The van der Waals surface area contributed by atoms with Crippen LogP contribution < -0.4 is 15.5 Å². The molecule has 10 nitrogen and oxygen atoms in total. The topological polar surface area (TPSA) is 123 Å². The third-order valence-electron chi connectivity index (χ3n) is 8.10. The van der Waals surface area contributed by atoms with Crippen LogP contribution in [0.25, 0.3) is 0 Å². The standard InChI is InChI=1S/C29H29BrClN7O3/c1-37-21-9-5-3-7-19(21)26(38-14-16-10-11-17(15-38)13-12-16)32-25(29(37)41)34-28(40)23-22(30)24(36-35-23)33-27(39)18-6-2-4-8-20(18)31/h2-9,16-17,25H,10-15H2,1H3,(H,34,40)(H2,33,35,36,39). The van der Waals surface area contributed by atoms with Crippen LogP contribution in [-0.2, 0) is 4.79 Å². The maximum Gasteiger partial charge on any atom is 0.272 e. The van der Waals surface area contributed by atoms with E-state index in [0.29, 0.717) is 11.8 Å². The zero-order chi connectivity index (χ0) is 28.7. The number of para-hydroxylation sites is 1. The second-order valence-corrected chi connectivity index (χ2v) is 11.9. The summed E-state index contributed by atoms with van der Waals surface area (Å²) in [7, 11) is 1.69. The molecular formula is C29H29BrClN7O3. The molecule has 2 saturated heterocycles. The molecule has 4 aliphatic rings. The average molecular weight is 639 g/mol. The molecule has 3 amide bonds. The van der Waals surface area contributed by atoms with Crippen LogP contribution in [0, 0.1) is 11.8 Å². The first-order valence-corrected chi connectivity index (χ1v) is 14.8. The summed E-state index contributed by atoms with van der Waals surface area (Å²) in [4.78, 5) is 48.5. The predicted octanol–water partition coefficient (Wildman–Crippen LogP) is 4.68. The molecule has 3 aliphatic heterocycles. The number of H-pyrrole nitrogens is 1. The lowest BCUT2D eigenvalue weighted by molar-refractivity contribution is -0.119. The number of amides is 3. The highest BCUT2D eigenvalue weighted by atomic mass is 79.9. The van der Waals surface area contributed by atoms with Crippen molar-refractivity contribution in [3.8, 4) is 0 Å². The Kier molecular flexibility index (Phi) is 7.56. The number of carbonyl (C=O) groups is 3. The first-order chi connectivity index (χ1) is 19.8. The highest BCUT2D eigenvalue weighted by Crippen LogP contribution is 2.36. The zero-order valence-electron chi connectivity index (χ0n) is 22.4. The summed E-state index contributed by atoms with van der Waals surface area (Å²) in [5.41, 5.74) is 1.93. The van der Waals surface area contributed by atoms with Gasteiger partial charge in [-0.2, -0.15) is 5.10 Å². The van der Waals surface area contributed by atoms with E-state index in [1.165, 1.54) is 25.7 Å². The maximum atomic E-state index is 13.6. The number of hydrogen-bond acceptors (Lipinski definition) is 6. The van der Waals surface area contributed by atoms with Crippen LogP contribution in [0.5, 0.6) is 0 Å². The second kappa shape index (κ2) is 11.3. The Labute approximate surface area is 250 Å². The first-order valence-electron chi connectivity index (χ1n) is 13.6. The molecule has 1 atom stereocenters. The number of anilines is 2. The summed E-state index contributed by atoms with van der Waals surface area (Å²) >= 11 is 9.50. The van der Waals surface area contributed by atoms with Crippen molar-refractivity contribution in [3.63, 3.8) is 0 Å². The number of carbonyl (C=O) groups excluding carboxylic acids is 3. The van der Waals surface area contributed by atoms with Gasteiger partial charge >= 0.3 is 0 Å². The van der Waals surface area contributed by atoms with Gasteiger partial charge in [-0.3, -0.25) is 19.5 Å². The van der Waals surface area contributed by atoms with Gasteiger partial charge < -0.3 is 20.4 Å². The van der Waals surface area contributed by atoms with E-state index < -0.39 is 18.0 Å². The van der Waals surface area contributed by atoms with Crippen LogP contribution in [0.1, 0.15) is 52.1 Å². The number of benzodiazepines with no additional fused rings is 1. The van der Waals surface area contributed by atoms with Crippen LogP contribution in [0.3, 0.4) is 0 Å². The number of benzene rings is 2. The van der Waals surface area contributed by atoms with Gasteiger partial charge in [-0.15, -0.1) is 0 Å². The van der Waals surface area contributed by atoms with E-state index in [1.807, 2.05) is 24.3 Å². The van der Waals surface area contributed by atoms with Gasteiger partial charge in [-0.1, -0.05) is 35.9 Å². The van der Waals surface area contributed by atoms with Crippen molar-refractivity contribution >= 4 is 62.6 Å². The molecule has 2 bridgehead atoms. The quantitative estimate of drug-likeness (QED) is 0.383. The lowest BCUT2D eigenvalue weighted by atomic mass is 9.84. The number of nitrogens with one attached hydrogen (secondary N) is 3. The fourth-order valence-corrected chi connectivity index (χ4v) is 6.57. The molecule has 1 saturated carbocycles. The molecule has 2 aromatic carbocycles. The van der Waals surface area contributed by atoms with E-state index >= 15 is 0 Å². The second-order valence-electron chi connectivity index (χ2n) is 10.7. The van der Waals surface area contributed by atoms with Crippen LogP contribution in [0.4, 0.5) is 11.5 Å². The number of halogens is 2. The van der Waals surface area contributed by atoms with E-state index in [4.69, 9.17) is 16.6 Å². The van der Waals surface area contributed by atoms with Gasteiger partial charge in [-0.05, 0) is 77.7 Å². The fourth-order valence-electron chi connectivity index (χ4n) is 5.90. The highest BCUT2D eigenvalue weighted by molar-refractivity contribution is 9.10. The fraction of sp³-hybridized carbons (Fsp3) is 0.345. The number of rotatable bonds is 4. The third-order valence-corrected chi connectivity index (χ3v) is 9.20. The molecule has 0 spiro atoms. The van der Waals surface area contributed by atoms with Crippen LogP contribution in [0.15, 0.2) is 58.0 Å². The minimum atomic E-state index is -1.16. The van der Waals surface area contributed by atoms with Crippen molar-refractivity contribution in [2.24, 2.45) is 16.8 Å². The molecule has 1 aliphatic carbocycles. The van der Waals surface area contributed by atoms with Gasteiger partial charge in [0, 0.05) is 25.7 Å². The molecule has 1 unspecified atom stereocenters. The van der Waals surface area contributed by atoms with Crippen molar-refractivity contribution in [1.29, 1.82) is 0 Å². The summed E-state index contributed by atoms with van der Waals surface area (Å²) in [6, 6.07) is 14.3. The van der Waals surface area contributed by atoms with Gasteiger partial charge in [0.1, 0.15) is 11.5 Å². The van der Waals surface area contributed by atoms with Crippen molar-refractivity contribution < 1.29 is 14.4 Å².